The average molecular weight is 552 g/mol. The van der Waals surface area contributed by atoms with E-state index >= 15 is 0 Å². The highest BCUT2D eigenvalue weighted by atomic mass is 35.5. The Morgan fingerprint density at radius 1 is 1.14 bits per heavy atom. The third-order valence-corrected chi connectivity index (χ3v) is 7.12. The topological polar surface area (TPSA) is 111 Å². The normalized spacial score (nSPS) is 14.5. The third-order valence-electron chi connectivity index (χ3n) is 6.38. The van der Waals surface area contributed by atoms with Crippen molar-refractivity contribution in [3.8, 4) is 11.5 Å². The Labute approximate surface area is 226 Å². The zero-order chi connectivity index (χ0) is 26.9. The van der Waals surface area contributed by atoms with E-state index in [0.29, 0.717) is 22.0 Å². The van der Waals surface area contributed by atoms with Gasteiger partial charge < -0.3 is 19.7 Å². The lowest BCUT2D eigenvalue weighted by atomic mass is 9.95. The molecular formula is C26H31Cl2N3O6. The molecule has 0 aromatic heterocycles. The van der Waals surface area contributed by atoms with Gasteiger partial charge in [-0.05, 0) is 43.0 Å². The van der Waals surface area contributed by atoms with Gasteiger partial charge in [-0.3, -0.25) is 19.7 Å². The molecule has 37 heavy (non-hydrogen) atoms. The number of nitrogens with one attached hydrogen (secondary N) is 1. The monoisotopic (exact) mass is 551 g/mol. The van der Waals surface area contributed by atoms with Gasteiger partial charge >= 0.3 is 5.69 Å². The summed E-state index contributed by atoms with van der Waals surface area (Å²) in [5.74, 6) is -0.389. The molecule has 200 valence electrons. The van der Waals surface area contributed by atoms with Crippen LogP contribution in [0.2, 0.25) is 10.0 Å². The first kappa shape index (κ1) is 28.5. The molecule has 1 N–H and O–H groups in total. The van der Waals surface area contributed by atoms with E-state index in [-0.39, 0.29) is 42.3 Å². The van der Waals surface area contributed by atoms with Crippen LogP contribution in [0.4, 0.5) is 5.69 Å². The highest BCUT2D eigenvalue weighted by Gasteiger charge is 2.31. The average Bonchev–Trinajstić information content (AvgIpc) is 2.89. The molecule has 0 aliphatic heterocycles. The first-order chi connectivity index (χ1) is 17.7. The second kappa shape index (κ2) is 13.5. The predicted octanol–water partition coefficient (Wildman–Crippen LogP) is 5.55. The number of nitrogens with zero attached hydrogens (tertiary/aromatic N) is 2. The van der Waals surface area contributed by atoms with Gasteiger partial charge in [0.1, 0.15) is 11.8 Å². The second-order valence-electron chi connectivity index (χ2n) is 8.92. The molecule has 0 bridgehead atoms. The van der Waals surface area contributed by atoms with Crippen molar-refractivity contribution in [2.75, 3.05) is 13.7 Å². The minimum atomic E-state index is -0.723. The van der Waals surface area contributed by atoms with Gasteiger partial charge in [-0.25, -0.2) is 0 Å². The molecule has 1 unspecified atom stereocenters. The summed E-state index contributed by atoms with van der Waals surface area (Å²) < 4.78 is 10.7. The molecule has 0 heterocycles. The Balaban J connectivity index is 1.80. The van der Waals surface area contributed by atoms with Crippen molar-refractivity contribution in [3.63, 3.8) is 0 Å². The summed E-state index contributed by atoms with van der Waals surface area (Å²) in [6, 6.07) is 8.43. The molecule has 0 radical (unpaired) electrons. The van der Waals surface area contributed by atoms with Crippen LogP contribution in [0.3, 0.4) is 0 Å². The maximum absolute atomic E-state index is 13.4. The molecule has 0 spiro atoms. The van der Waals surface area contributed by atoms with Crippen molar-refractivity contribution >= 4 is 40.7 Å². The Hall–Kier alpha value is -3.04. The molecule has 2 aromatic rings. The summed E-state index contributed by atoms with van der Waals surface area (Å²) in [5, 5.41) is 15.0. The molecule has 1 atom stereocenters. The molecular weight excluding hydrogens is 521 g/mol. The minimum Gasteiger partial charge on any atom is -0.490 e. The maximum Gasteiger partial charge on any atom is 0.311 e. The molecule has 0 saturated heterocycles. The number of benzene rings is 2. The van der Waals surface area contributed by atoms with Crippen LogP contribution in [0.25, 0.3) is 0 Å². The van der Waals surface area contributed by atoms with Crippen LogP contribution >= 0.6 is 23.2 Å². The lowest BCUT2D eigenvalue weighted by molar-refractivity contribution is -0.385. The van der Waals surface area contributed by atoms with Crippen LogP contribution in [0.1, 0.15) is 51.0 Å². The van der Waals surface area contributed by atoms with Gasteiger partial charge in [-0.2, -0.15) is 0 Å². The quantitative estimate of drug-likeness (QED) is 0.289. The Morgan fingerprint density at radius 2 is 1.86 bits per heavy atom. The van der Waals surface area contributed by atoms with Crippen molar-refractivity contribution in [1.29, 1.82) is 0 Å². The predicted molar refractivity (Wildman–Crippen MR) is 141 cm³/mol. The molecule has 1 saturated carbocycles. The van der Waals surface area contributed by atoms with E-state index in [9.17, 15) is 19.7 Å². The van der Waals surface area contributed by atoms with Crippen LogP contribution in [0.15, 0.2) is 36.4 Å². The first-order valence-corrected chi connectivity index (χ1v) is 13.0. The van der Waals surface area contributed by atoms with Crippen LogP contribution in [-0.4, -0.2) is 47.4 Å². The van der Waals surface area contributed by atoms with Crippen LogP contribution in [0, 0.1) is 10.1 Å². The fraction of sp³-hybridized carbons (Fsp3) is 0.462. The highest BCUT2D eigenvalue weighted by molar-refractivity contribution is 6.42. The molecule has 2 aromatic carbocycles. The number of halogens is 2. The smallest absolute Gasteiger partial charge is 0.311 e. The number of rotatable bonds is 11. The summed E-state index contributed by atoms with van der Waals surface area (Å²) in [5.41, 5.74) is 0.497. The largest absolute Gasteiger partial charge is 0.490 e. The van der Waals surface area contributed by atoms with E-state index in [1.807, 2.05) is 6.92 Å². The fourth-order valence-corrected chi connectivity index (χ4v) is 4.75. The van der Waals surface area contributed by atoms with Crippen molar-refractivity contribution < 1.29 is 24.0 Å². The third kappa shape index (κ3) is 7.72. The number of nitro benzene ring substituents is 1. The van der Waals surface area contributed by atoms with Gasteiger partial charge in [0, 0.05) is 24.7 Å². The Bertz CT molecular complexity index is 1120. The molecule has 1 fully saturated rings. The SMILES string of the molecule is CCC(C(=O)NC1CCCCC1)N(Cc1ccc(Cl)c(Cl)c1)C(=O)COc1ccc([N+](=O)[O-])c(OC)c1. The fourth-order valence-electron chi connectivity index (χ4n) is 4.43. The van der Waals surface area contributed by atoms with Crippen molar-refractivity contribution in [3.05, 3.63) is 62.1 Å². The van der Waals surface area contributed by atoms with E-state index in [4.69, 9.17) is 32.7 Å². The van der Waals surface area contributed by atoms with Crippen molar-refractivity contribution in [2.45, 2.75) is 64.1 Å². The molecule has 1 aliphatic carbocycles. The van der Waals surface area contributed by atoms with E-state index in [1.54, 1.807) is 18.2 Å². The second-order valence-corrected chi connectivity index (χ2v) is 9.73. The minimum absolute atomic E-state index is 0.0147. The van der Waals surface area contributed by atoms with Crippen molar-refractivity contribution in [2.24, 2.45) is 0 Å². The zero-order valence-corrected chi connectivity index (χ0v) is 22.4. The lowest BCUT2D eigenvalue weighted by Crippen LogP contribution is -2.52. The van der Waals surface area contributed by atoms with Gasteiger partial charge in [0.25, 0.3) is 5.91 Å². The number of hydrogen-bond acceptors (Lipinski definition) is 6. The van der Waals surface area contributed by atoms with Crippen LogP contribution in [0.5, 0.6) is 11.5 Å². The number of ether oxygens (including phenoxy) is 2. The number of nitro groups is 1. The van der Waals surface area contributed by atoms with Crippen LogP contribution in [-0.2, 0) is 16.1 Å². The first-order valence-electron chi connectivity index (χ1n) is 12.2. The van der Waals surface area contributed by atoms with Gasteiger partial charge in [0.15, 0.2) is 6.61 Å². The molecule has 3 rings (SSSR count). The highest BCUT2D eigenvalue weighted by Crippen LogP contribution is 2.31. The lowest BCUT2D eigenvalue weighted by Gasteiger charge is -2.32. The Kier molecular flexibility index (Phi) is 10.4. The molecule has 2 amide bonds. The summed E-state index contributed by atoms with van der Waals surface area (Å²) in [6.07, 6.45) is 5.55. The summed E-state index contributed by atoms with van der Waals surface area (Å²) in [6.45, 7) is 1.59. The van der Waals surface area contributed by atoms with E-state index in [1.165, 1.54) is 30.2 Å². The standard InChI is InChI=1S/C26H31Cl2N3O6/c1-3-22(26(33)29-18-7-5-4-6-8-18)30(15-17-9-11-20(27)21(28)13-17)25(32)16-37-19-10-12-23(31(34)35)24(14-19)36-2/h9-14,18,22H,3-8,15-16H2,1-2H3,(H,29,33). The molecule has 9 nitrogen and oxygen atoms in total. The maximum atomic E-state index is 13.4. The van der Waals surface area contributed by atoms with Crippen molar-refractivity contribution in [1.82, 2.24) is 10.2 Å². The van der Waals surface area contributed by atoms with E-state index < -0.39 is 16.9 Å². The van der Waals surface area contributed by atoms with Crippen LogP contribution < -0.4 is 14.8 Å². The Morgan fingerprint density at radius 3 is 2.49 bits per heavy atom. The number of amides is 2. The molecule has 1 aliphatic rings. The number of methoxy groups -OCH3 is 1. The van der Waals surface area contributed by atoms with E-state index in [2.05, 4.69) is 5.32 Å². The summed E-state index contributed by atoms with van der Waals surface area (Å²) >= 11 is 12.2. The number of carbonyl (C=O) groups is 2. The van der Waals surface area contributed by atoms with Gasteiger partial charge in [-0.15, -0.1) is 0 Å². The number of hydrogen-bond donors (Lipinski definition) is 1. The van der Waals surface area contributed by atoms with E-state index in [0.717, 1.165) is 32.1 Å². The summed E-state index contributed by atoms with van der Waals surface area (Å²) in [4.78, 5) is 38.8. The van der Waals surface area contributed by atoms with Gasteiger partial charge in [0.05, 0.1) is 22.1 Å². The summed E-state index contributed by atoms with van der Waals surface area (Å²) in [7, 11) is 1.31. The van der Waals surface area contributed by atoms with Gasteiger partial charge in [-0.1, -0.05) is 55.5 Å². The van der Waals surface area contributed by atoms with Gasteiger partial charge in [0.2, 0.25) is 11.7 Å². The zero-order valence-electron chi connectivity index (χ0n) is 20.9. The number of carbonyl (C=O) groups excluding carboxylic acids is 2. The molecule has 11 heteroatoms.